The average molecular weight is 350 g/mol. The summed E-state index contributed by atoms with van der Waals surface area (Å²) in [5.41, 5.74) is -1.17. The fourth-order valence-electron chi connectivity index (χ4n) is 1.72. The zero-order valence-corrected chi connectivity index (χ0v) is 14.5. The lowest BCUT2D eigenvalue weighted by Crippen LogP contribution is -2.40. The second-order valence-electron chi connectivity index (χ2n) is 5.78. The van der Waals surface area contributed by atoms with E-state index in [1.54, 1.807) is 0 Å². The molecular weight excluding hydrogens is 320 g/mol. The number of esters is 2. The molecule has 0 saturated carbocycles. The molecule has 0 aromatic rings. The van der Waals surface area contributed by atoms with Gasteiger partial charge in [-0.15, -0.1) is 0 Å². The third-order valence-corrected chi connectivity index (χ3v) is 3.35. The van der Waals surface area contributed by atoms with Crippen molar-refractivity contribution in [1.82, 2.24) is 0 Å². The topological polar surface area (TPSA) is 123 Å². The highest BCUT2D eigenvalue weighted by molar-refractivity contribution is 5.70. The van der Waals surface area contributed by atoms with Crippen LogP contribution in [0.2, 0.25) is 0 Å². The van der Waals surface area contributed by atoms with E-state index in [1.807, 2.05) is 13.8 Å². The van der Waals surface area contributed by atoms with Crippen LogP contribution in [-0.2, 0) is 23.8 Å². The molecule has 0 bridgehead atoms. The summed E-state index contributed by atoms with van der Waals surface area (Å²) < 4.78 is 15.6. The van der Waals surface area contributed by atoms with E-state index in [9.17, 15) is 24.9 Å². The molecule has 0 aliphatic heterocycles. The van der Waals surface area contributed by atoms with Crippen molar-refractivity contribution in [1.29, 1.82) is 0 Å². The molecule has 0 aromatic carbocycles. The van der Waals surface area contributed by atoms with Crippen molar-refractivity contribution in [3.05, 3.63) is 0 Å². The minimum atomic E-state index is -1.17. The Morgan fingerprint density at radius 3 is 1.96 bits per heavy atom. The van der Waals surface area contributed by atoms with Crippen molar-refractivity contribution >= 4 is 11.9 Å². The molecule has 0 saturated heterocycles. The number of aliphatic hydroxyl groups excluding tert-OH is 3. The molecule has 0 spiro atoms. The molecule has 3 N–H and O–H groups in total. The van der Waals surface area contributed by atoms with Gasteiger partial charge in [0.1, 0.15) is 6.61 Å². The first-order valence-electron chi connectivity index (χ1n) is 8.22. The van der Waals surface area contributed by atoms with Crippen molar-refractivity contribution in [2.75, 3.05) is 39.6 Å². The molecule has 0 amide bonds. The summed E-state index contributed by atoms with van der Waals surface area (Å²) in [6.45, 7) is 2.01. The van der Waals surface area contributed by atoms with E-state index >= 15 is 0 Å². The van der Waals surface area contributed by atoms with E-state index in [0.29, 0.717) is 12.8 Å². The van der Waals surface area contributed by atoms with E-state index in [-0.39, 0.29) is 38.6 Å². The maximum absolute atomic E-state index is 11.6. The summed E-state index contributed by atoms with van der Waals surface area (Å²) in [4.78, 5) is 23.0. The van der Waals surface area contributed by atoms with Crippen LogP contribution in [0.3, 0.4) is 0 Å². The molecule has 0 aliphatic carbocycles. The van der Waals surface area contributed by atoms with Crippen molar-refractivity contribution in [2.45, 2.75) is 45.6 Å². The van der Waals surface area contributed by atoms with E-state index in [4.69, 9.17) is 14.2 Å². The fourth-order valence-corrected chi connectivity index (χ4v) is 1.72. The summed E-state index contributed by atoms with van der Waals surface area (Å²) in [5, 5.41) is 27.7. The van der Waals surface area contributed by atoms with Gasteiger partial charge < -0.3 is 29.5 Å². The van der Waals surface area contributed by atoms with Crippen LogP contribution < -0.4 is 0 Å². The van der Waals surface area contributed by atoms with Gasteiger partial charge in [-0.2, -0.15) is 0 Å². The van der Waals surface area contributed by atoms with Crippen molar-refractivity contribution in [3.63, 3.8) is 0 Å². The van der Waals surface area contributed by atoms with Gasteiger partial charge in [0.15, 0.2) is 6.10 Å². The smallest absolute Gasteiger partial charge is 0.306 e. The zero-order chi connectivity index (χ0) is 18.4. The SMILES string of the molecule is CCCC(=O)OCC(COCC(CO)(CO)CO)OC(=O)CCC. The number of ether oxygens (including phenoxy) is 3. The van der Waals surface area contributed by atoms with Crippen molar-refractivity contribution in [3.8, 4) is 0 Å². The van der Waals surface area contributed by atoms with Gasteiger partial charge in [-0.3, -0.25) is 9.59 Å². The van der Waals surface area contributed by atoms with Crippen LogP contribution in [0.4, 0.5) is 0 Å². The van der Waals surface area contributed by atoms with Gasteiger partial charge in [0, 0.05) is 12.8 Å². The zero-order valence-electron chi connectivity index (χ0n) is 14.5. The lowest BCUT2D eigenvalue weighted by Gasteiger charge is -2.28. The number of rotatable bonds is 14. The number of aliphatic hydroxyl groups is 3. The predicted molar refractivity (Wildman–Crippen MR) is 85.2 cm³/mol. The van der Waals surface area contributed by atoms with Crippen LogP contribution in [0, 0.1) is 5.41 Å². The maximum Gasteiger partial charge on any atom is 0.306 e. The van der Waals surface area contributed by atoms with Crippen molar-refractivity contribution < 1.29 is 39.1 Å². The molecule has 1 atom stereocenters. The summed E-state index contributed by atoms with van der Waals surface area (Å²) in [6.07, 6.45) is 1.03. The number of hydrogen-bond acceptors (Lipinski definition) is 8. The standard InChI is InChI=1S/C16H30O8/c1-3-5-14(20)23-8-13(24-15(21)6-4-2)7-22-12-16(9-17,10-18)11-19/h13,17-19H,3-12H2,1-2H3. The van der Waals surface area contributed by atoms with Gasteiger partial charge >= 0.3 is 11.9 Å². The molecule has 0 radical (unpaired) electrons. The molecule has 24 heavy (non-hydrogen) atoms. The molecule has 0 fully saturated rings. The summed E-state index contributed by atoms with van der Waals surface area (Å²) in [7, 11) is 0. The van der Waals surface area contributed by atoms with Gasteiger partial charge in [0.25, 0.3) is 0 Å². The quantitative estimate of drug-likeness (QED) is 0.375. The van der Waals surface area contributed by atoms with E-state index in [1.165, 1.54) is 0 Å². The Kier molecular flexibility index (Phi) is 12.4. The Morgan fingerprint density at radius 2 is 1.46 bits per heavy atom. The molecular formula is C16H30O8. The highest BCUT2D eigenvalue weighted by atomic mass is 16.6. The van der Waals surface area contributed by atoms with Crippen molar-refractivity contribution in [2.24, 2.45) is 5.41 Å². The molecule has 8 heteroatoms. The van der Waals surface area contributed by atoms with Gasteiger partial charge in [-0.05, 0) is 12.8 Å². The summed E-state index contributed by atoms with van der Waals surface area (Å²) >= 11 is 0. The average Bonchev–Trinajstić information content (AvgIpc) is 2.57. The minimum absolute atomic E-state index is 0.0728. The largest absolute Gasteiger partial charge is 0.462 e. The Balaban J connectivity index is 4.51. The van der Waals surface area contributed by atoms with Crippen LogP contribution in [-0.4, -0.2) is 73.0 Å². The Hall–Kier alpha value is -1.22. The molecule has 0 aliphatic rings. The summed E-state index contributed by atoms with van der Waals surface area (Å²) in [6, 6.07) is 0. The van der Waals surface area contributed by atoms with Gasteiger partial charge in [0.05, 0.1) is 38.4 Å². The predicted octanol–water partition coefficient (Wildman–Crippen LogP) is 0.0215. The highest BCUT2D eigenvalue weighted by Crippen LogP contribution is 2.15. The molecule has 8 nitrogen and oxygen atoms in total. The van der Waals surface area contributed by atoms with Crippen LogP contribution in [0.5, 0.6) is 0 Å². The number of carbonyl (C=O) groups excluding carboxylic acids is 2. The van der Waals surface area contributed by atoms with Crippen LogP contribution in [0.25, 0.3) is 0 Å². The third-order valence-electron chi connectivity index (χ3n) is 3.35. The van der Waals surface area contributed by atoms with Gasteiger partial charge in [-0.25, -0.2) is 0 Å². The second kappa shape index (κ2) is 13.1. The molecule has 0 heterocycles. The number of carbonyl (C=O) groups is 2. The first kappa shape index (κ1) is 22.8. The first-order chi connectivity index (χ1) is 11.5. The van der Waals surface area contributed by atoms with Crippen LogP contribution in [0.15, 0.2) is 0 Å². The Morgan fingerprint density at radius 1 is 0.917 bits per heavy atom. The summed E-state index contributed by atoms with van der Waals surface area (Å²) in [5.74, 6) is -0.806. The Labute approximate surface area is 142 Å². The van der Waals surface area contributed by atoms with Gasteiger partial charge in [0.2, 0.25) is 0 Å². The highest BCUT2D eigenvalue weighted by Gasteiger charge is 2.29. The molecule has 0 aromatic heterocycles. The van der Waals surface area contributed by atoms with E-state index in [2.05, 4.69) is 0 Å². The van der Waals surface area contributed by atoms with E-state index in [0.717, 1.165) is 0 Å². The van der Waals surface area contributed by atoms with Gasteiger partial charge in [-0.1, -0.05) is 13.8 Å². The third kappa shape index (κ3) is 9.17. The monoisotopic (exact) mass is 350 g/mol. The normalized spacial score (nSPS) is 12.7. The Bertz CT molecular complexity index is 346. The lowest BCUT2D eigenvalue weighted by molar-refractivity contribution is -0.164. The minimum Gasteiger partial charge on any atom is -0.462 e. The molecule has 0 rings (SSSR count). The maximum atomic E-state index is 11.6. The van der Waals surface area contributed by atoms with Crippen LogP contribution in [0.1, 0.15) is 39.5 Å². The van der Waals surface area contributed by atoms with E-state index < -0.39 is 37.3 Å². The fraction of sp³-hybridized carbons (Fsp3) is 0.875. The van der Waals surface area contributed by atoms with Crippen LogP contribution >= 0.6 is 0 Å². The second-order valence-corrected chi connectivity index (χ2v) is 5.78. The first-order valence-corrected chi connectivity index (χ1v) is 8.22. The lowest BCUT2D eigenvalue weighted by atomic mass is 9.93. The molecule has 142 valence electrons. The number of hydrogen-bond donors (Lipinski definition) is 3. The molecule has 1 unspecified atom stereocenters.